The standard InChI is InChI=1S/C50H32N2S/c1-3-16-35(17-4-1)48-38-20-9-7-14-33(38)27-30-46(48)52(45-24-13-25-47-49(45)41-29-26-34-15-8-10-21-39(34)50(41)53-47)37-28-31-44-42(32-37)40-22-11-12-23-43(40)51(44)36-18-5-2-6-19-36/h1-32H. The molecule has 11 aromatic rings. The lowest BCUT2D eigenvalue weighted by Gasteiger charge is -2.29. The zero-order valence-electron chi connectivity index (χ0n) is 28.8. The highest BCUT2D eigenvalue weighted by atomic mass is 32.1. The first kappa shape index (κ1) is 30.0. The van der Waals surface area contributed by atoms with E-state index in [2.05, 4.69) is 204 Å². The van der Waals surface area contributed by atoms with Crippen molar-refractivity contribution in [2.75, 3.05) is 4.90 Å². The lowest BCUT2D eigenvalue weighted by Crippen LogP contribution is -2.12. The van der Waals surface area contributed by atoms with Crippen molar-refractivity contribution in [3.05, 3.63) is 194 Å². The summed E-state index contributed by atoms with van der Waals surface area (Å²) in [7, 11) is 0. The Morgan fingerprint density at radius 2 is 1.08 bits per heavy atom. The molecular weight excluding hydrogens is 661 g/mol. The van der Waals surface area contributed by atoms with Gasteiger partial charge in [-0.1, -0.05) is 140 Å². The van der Waals surface area contributed by atoms with Crippen LogP contribution in [0, 0.1) is 0 Å². The van der Waals surface area contributed by atoms with Crippen LogP contribution in [-0.2, 0) is 0 Å². The molecule has 0 unspecified atom stereocenters. The van der Waals surface area contributed by atoms with Gasteiger partial charge in [-0.3, -0.25) is 0 Å². The minimum atomic E-state index is 1.12. The van der Waals surface area contributed by atoms with Gasteiger partial charge in [0, 0.05) is 47.9 Å². The van der Waals surface area contributed by atoms with Crippen LogP contribution in [0.15, 0.2) is 194 Å². The number of para-hydroxylation sites is 2. The molecule has 0 aliphatic heterocycles. The van der Waals surface area contributed by atoms with E-state index in [-0.39, 0.29) is 0 Å². The molecule has 0 N–H and O–H groups in total. The zero-order valence-corrected chi connectivity index (χ0v) is 29.6. The van der Waals surface area contributed by atoms with E-state index in [1.54, 1.807) is 0 Å². The van der Waals surface area contributed by atoms with E-state index >= 15 is 0 Å². The van der Waals surface area contributed by atoms with Gasteiger partial charge in [0.05, 0.1) is 22.4 Å². The van der Waals surface area contributed by atoms with Crippen molar-refractivity contribution in [2.24, 2.45) is 0 Å². The van der Waals surface area contributed by atoms with Gasteiger partial charge in [0.1, 0.15) is 0 Å². The Kier molecular flexibility index (Phi) is 6.76. The number of benzene rings is 9. The predicted molar refractivity (Wildman–Crippen MR) is 229 cm³/mol. The summed E-state index contributed by atoms with van der Waals surface area (Å²) in [5.41, 5.74) is 9.40. The molecule has 2 nitrogen and oxygen atoms in total. The molecule has 0 bridgehead atoms. The average molecular weight is 693 g/mol. The molecule has 0 atom stereocenters. The number of rotatable bonds is 5. The molecular formula is C50H32N2S. The van der Waals surface area contributed by atoms with Crippen molar-refractivity contribution in [1.82, 2.24) is 4.57 Å². The van der Waals surface area contributed by atoms with Crippen molar-refractivity contribution in [1.29, 1.82) is 0 Å². The van der Waals surface area contributed by atoms with Crippen molar-refractivity contribution in [2.45, 2.75) is 0 Å². The Bertz CT molecular complexity index is 3170. The van der Waals surface area contributed by atoms with Crippen LogP contribution in [0.4, 0.5) is 17.1 Å². The van der Waals surface area contributed by atoms with Crippen LogP contribution < -0.4 is 4.90 Å². The third-order valence-corrected chi connectivity index (χ3v) is 11.9. The minimum Gasteiger partial charge on any atom is -0.309 e. The first-order valence-electron chi connectivity index (χ1n) is 18.1. The van der Waals surface area contributed by atoms with Crippen LogP contribution in [0.5, 0.6) is 0 Å². The normalized spacial score (nSPS) is 11.8. The lowest BCUT2D eigenvalue weighted by molar-refractivity contribution is 1.18. The summed E-state index contributed by atoms with van der Waals surface area (Å²) in [6.45, 7) is 0. The summed E-state index contributed by atoms with van der Waals surface area (Å²) in [5.74, 6) is 0. The summed E-state index contributed by atoms with van der Waals surface area (Å²) in [5, 5.41) is 10.0. The van der Waals surface area contributed by atoms with E-state index < -0.39 is 0 Å². The molecule has 0 spiro atoms. The maximum absolute atomic E-state index is 2.52. The molecule has 3 heteroatoms. The van der Waals surface area contributed by atoms with Crippen molar-refractivity contribution in [3.8, 4) is 16.8 Å². The summed E-state index contributed by atoms with van der Waals surface area (Å²) in [6.07, 6.45) is 0. The summed E-state index contributed by atoms with van der Waals surface area (Å²) < 4.78 is 5.00. The lowest BCUT2D eigenvalue weighted by atomic mass is 9.94. The molecule has 0 aliphatic rings. The smallest absolute Gasteiger partial charge is 0.0555 e. The topological polar surface area (TPSA) is 8.17 Å². The van der Waals surface area contributed by atoms with Gasteiger partial charge in [0.25, 0.3) is 0 Å². The second kappa shape index (κ2) is 11.9. The zero-order chi connectivity index (χ0) is 34.9. The molecule has 53 heavy (non-hydrogen) atoms. The molecule has 0 radical (unpaired) electrons. The fourth-order valence-corrected chi connectivity index (χ4v) is 9.70. The van der Waals surface area contributed by atoms with E-state index in [0.29, 0.717) is 0 Å². The summed E-state index contributed by atoms with van der Waals surface area (Å²) >= 11 is 1.89. The first-order chi connectivity index (χ1) is 26.3. The van der Waals surface area contributed by atoms with Gasteiger partial charge in [-0.25, -0.2) is 0 Å². The highest BCUT2D eigenvalue weighted by Gasteiger charge is 2.24. The maximum Gasteiger partial charge on any atom is 0.0555 e. The fourth-order valence-electron chi connectivity index (χ4n) is 8.44. The van der Waals surface area contributed by atoms with Crippen LogP contribution in [-0.4, -0.2) is 4.57 Å². The number of fused-ring (bicyclic) bond motifs is 9. The maximum atomic E-state index is 2.52. The van der Waals surface area contributed by atoms with E-state index in [1.165, 1.54) is 80.3 Å². The average Bonchev–Trinajstić information content (AvgIpc) is 3.78. The van der Waals surface area contributed by atoms with E-state index in [9.17, 15) is 0 Å². The third-order valence-electron chi connectivity index (χ3n) is 10.7. The van der Waals surface area contributed by atoms with Gasteiger partial charge in [-0.15, -0.1) is 11.3 Å². The fraction of sp³-hybridized carbons (Fsp3) is 0. The Morgan fingerprint density at radius 1 is 0.415 bits per heavy atom. The van der Waals surface area contributed by atoms with Gasteiger partial charge in [0.15, 0.2) is 0 Å². The Morgan fingerprint density at radius 3 is 1.91 bits per heavy atom. The van der Waals surface area contributed by atoms with E-state index in [1.807, 2.05) is 11.3 Å². The van der Waals surface area contributed by atoms with Crippen LogP contribution in [0.25, 0.3) is 80.3 Å². The Balaban J connectivity index is 1.26. The molecule has 0 fully saturated rings. The molecule has 2 heterocycles. The number of aromatic nitrogens is 1. The highest BCUT2D eigenvalue weighted by Crippen LogP contribution is 2.50. The second-order valence-electron chi connectivity index (χ2n) is 13.7. The van der Waals surface area contributed by atoms with Gasteiger partial charge in [0.2, 0.25) is 0 Å². The Labute approximate surface area is 311 Å². The number of nitrogens with zero attached hydrogens (tertiary/aromatic N) is 2. The second-order valence-corrected chi connectivity index (χ2v) is 14.7. The molecule has 0 amide bonds. The number of hydrogen-bond acceptors (Lipinski definition) is 2. The Hall–Kier alpha value is -6.68. The van der Waals surface area contributed by atoms with Crippen molar-refractivity contribution in [3.63, 3.8) is 0 Å². The summed E-state index contributed by atoms with van der Waals surface area (Å²) in [4.78, 5) is 2.52. The van der Waals surface area contributed by atoms with E-state index in [4.69, 9.17) is 0 Å². The SMILES string of the molecule is c1ccc(-c2c(N(c3ccc4c(c3)c3ccccc3n4-c3ccccc3)c3cccc4sc5c6ccccc6ccc5c34)ccc3ccccc23)cc1. The van der Waals surface area contributed by atoms with Gasteiger partial charge < -0.3 is 9.47 Å². The van der Waals surface area contributed by atoms with Gasteiger partial charge in [-0.05, 0) is 81.7 Å². The largest absolute Gasteiger partial charge is 0.309 e. The molecule has 0 saturated heterocycles. The summed E-state index contributed by atoms with van der Waals surface area (Å²) in [6, 6.07) is 71.0. The molecule has 9 aromatic carbocycles. The van der Waals surface area contributed by atoms with Crippen LogP contribution in [0.1, 0.15) is 0 Å². The monoisotopic (exact) mass is 692 g/mol. The molecule has 0 aliphatic carbocycles. The molecule has 11 rings (SSSR count). The van der Waals surface area contributed by atoms with Crippen LogP contribution >= 0.6 is 11.3 Å². The van der Waals surface area contributed by atoms with Gasteiger partial charge >= 0.3 is 0 Å². The quantitative estimate of drug-likeness (QED) is 0.174. The van der Waals surface area contributed by atoms with Crippen molar-refractivity contribution < 1.29 is 0 Å². The number of hydrogen-bond donors (Lipinski definition) is 0. The first-order valence-corrected chi connectivity index (χ1v) is 18.9. The molecule has 0 saturated carbocycles. The molecule has 2 aromatic heterocycles. The van der Waals surface area contributed by atoms with Crippen LogP contribution in [0.2, 0.25) is 0 Å². The highest BCUT2D eigenvalue weighted by molar-refractivity contribution is 7.26. The van der Waals surface area contributed by atoms with Crippen LogP contribution in [0.3, 0.4) is 0 Å². The predicted octanol–water partition coefficient (Wildman–Crippen LogP) is 14.6. The molecule has 248 valence electrons. The van der Waals surface area contributed by atoms with Gasteiger partial charge in [-0.2, -0.15) is 0 Å². The third kappa shape index (κ3) is 4.64. The number of anilines is 3. The minimum absolute atomic E-state index is 1.12. The van der Waals surface area contributed by atoms with Crippen molar-refractivity contribution >= 4 is 91.9 Å². The van der Waals surface area contributed by atoms with E-state index in [0.717, 1.165) is 17.1 Å². The number of thiophene rings is 1.